The number of nitrogens with zero attached hydrogens (tertiary/aromatic N) is 3. The second-order valence-electron chi connectivity index (χ2n) is 7.29. The van der Waals surface area contributed by atoms with Crippen LogP contribution in [0.15, 0.2) is 54.6 Å². The van der Waals surface area contributed by atoms with Gasteiger partial charge in [0.25, 0.3) is 0 Å². The van der Waals surface area contributed by atoms with Crippen molar-refractivity contribution in [3.63, 3.8) is 0 Å². The van der Waals surface area contributed by atoms with Gasteiger partial charge in [-0.15, -0.1) is 0 Å². The van der Waals surface area contributed by atoms with Crippen molar-refractivity contribution in [3.05, 3.63) is 65.7 Å². The Kier molecular flexibility index (Phi) is 7.25. The number of rotatable bonds is 9. The van der Waals surface area contributed by atoms with E-state index in [0.29, 0.717) is 19.0 Å². The van der Waals surface area contributed by atoms with Gasteiger partial charge in [-0.3, -0.25) is 4.79 Å². The molecule has 1 aromatic heterocycles. The minimum absolute atomic E-state index is 0.0506. The molecule has 0 aliphatic carbocycles. The molecule has 3 rings (SSSR count). The lowest BCUT2D eigenvalue weighted by Gasteiger charge is -2.22. The van der Waals surface area contributed by atoms with E-state index in [0.717, 1.165) is 34.6 Å². The maximum atomic E-state index is 12.6. The quantitative estimate of drug-likeness (QED) is 0.521. The van der Waals surface area contributed by atoms with E-state index in [1.54, 1.807) is 9.58 Å². The molecule has 1 amide bonds. The smallest absolute Gasteiger partial charge is 0.248 e. The van der Waals surface area contributed by atoms with Gasteiger partial charge in [0.05, 0.1) is 12.1 Å². The van der Waals surface area contributed by atoms with Gasteiger partial charge >= 0.3 is 0 Å². The zero-order chi connectivity index (χ0) is 21.5. The van der Waals surface area contributed by atoms with Gasteiger partial charge in [-0.2, -0.15) is 5.10 Å². The summed E-state index contributed by atoms with van der Waals surface area (Å²) in [6.07, 6.45) is 0.852. The Hall–Kier alpha value is -3.12. The molecule has 0 fully saturated rings. The van der Waals surface area contributed by atoms with Crippen LogP contribution in [0.2, 0.25) is 0 Å². The van der Waals surface area contributed by atoms with Crippen molar-refractivity contribution in [2.75, 3.05) is 20.3 Å². The SMILES string of the molecule is CCCN(Cc1c(-c2ccccc2)nn(C)c1Oc1cccc(C)c1)C(=O)COC. The zero-order valence-corrected chi connectivity index (χ0v) is 18.1. The Balaban J connectivity index is 2.05. The number of hydrogen-bond acceptors (Lipinski definition) is 4. The summed E-state index contributed by atoms with van der Waals surface area (Å²) >= 11 is 0. The Morgan fingerprint density at radius 1 is 1.13 bits per heavy atom. The molecule has 0 atom stereocenters. The van der Waals surface area contributed by atoms with Crippen LogP contribution >= 0.6 is 0 Å². The van der Waals surface area contributed by atoms with Gasteiger partial charge < -0.3 is 14.4 Å². The van der Waals surface area contributed by atoms with Gasteiger partial charge in [-0.25, -0.2) is 4.68 Å². The number of aromatic nitrogens is 2. The van der Waals surface area contributed by atoms with E-state index in [4.69, 9.17) is 14.6 Å². The van der Waals surface area contributed by atoms with Gasteiger partial charge in [0.15, 0.2) is 0 Å². The normalized spacial score (nSPS) is 10.8. The Bertz CT molecular complexity index is 983. The van der Waals surface area contributed by atoms with Crippen molar-refractivity contribution in [1.29, 1.82) is 0 Å². The average Bonchev–Trinajstić information content (AvgIpc) is 3.04. The first kappa shape index (κ1) is 21.6. The van der Waals surface area contributed by atoms with E-state index >= 15 is 0 Å². The van der Waals surface area contributed by atoms with Gasteiger partial charge in [0.2, 0.25) is 11.8 Å². The predicted octanol–water partition coefficient (Wildman–Crippen LogP) is 4.57. The molecule has 0 unspecified atom stereocenters. The maximum absolute atomic E-state index is 12.6. The largest absolute Gasteiger partial charge is 0.439 e. The van der Waals surface area contributed by atoms with Gasteiger partial charge in [0.1, 0.15) is 18.1 Å². The van der Waals surface area contributed by atoms with Crippen molar-refractivity contribution in [1.82, 2.24) is 14.7 Å². The first-order chi connectivity index (χ1) is 14.5. The second-order valence-corrected chi connectivity index (χ2v) is 7.29. The van der Waals surface area contributed by atoms with Crippen LogP contribution in [-0.4, -0.2) is 40.8 Å². The molecule has 0 saturated heterocycles. The molecule has 6 heteroatoms. The molecule has 0 bridgehead atoms. The van der Waals surface area contributed by atoms with Crippen LogP contribution in [0, 0.1) is 6.92 Å². The summed E-state index contributed by atoms with van der Waals surface area (Å²) in [6.45, 7) is 5.16. The van der Waals surface area contributed by atoms with Crippen LogP contribution in [0.25, 0.3) is 11.3 Å². The lowest BCUT2D eigenvalue weighted by molar-refractivity contribution is -0.135. The van der Waals surface area contributed by atoms with E-state index in [1.165, 1.54) is 7.11 Å². The number of methoxy groups -OCH3 is 1. The molecule has 30 heavy (non-hydrogen) atoms. The van der Waals surface area contributed by atoms with Crippen LogP contribution in [0.3, 0.4) is 0 Å². The fraction of sp³-hybridized carbons (Fsp3) is 0.333. The summed E-state index contributed by atoms with van der Waals surface area (Å²) in [5.41, 5.74) is 3.79. The Morgan fingerprint density at radius 3 is 2.57 bits per heavy atom. The molecule has 0 radical (unpaired) electrons. The summed E-state index contributed by atoms with van der Waals surface area (Å²) in [5, 5.41) is 4.74. The molecule has 0 N–H and O–H groups in total. The standard InChI is InChI=1S/C24H29N3O3/c1-5-14-27(22(28)17-29-4)16-21-23(19-11-7-6-8-12-19)25-26(3)24(21)30-20-13-9-10-18(2)15-20/h6-13,15H,5,14,16-17H2,1-4H3. The van der Waals surface area contributed by atoms with Gasteiger partial charge in [-0.05, 0) is 31.0 Å². The fourth-order valence-electron chi connectivity index (χ4n) is 3.41. The van der Waals surface area contributed by atoms with Gasteiger partial charge in [0, 0.05) is 26.3 Å². The monoisotopic (exact) mass is 407 g/mol. The van der Waals surface area contributed by atoms with E-state index in [1.807, 2.05) is 68.6 Å². The summed E-state index contributed by atoms with van der Waals surface area (Å²) < 4.78 is 13.1. The summed E-state index contributed by atoms with van der Waals surface area (Å²) in [5.74, 6) is 1.32. The fourth-order valence-corrected chi connectivity index (χ4v) is 3.41. The van der Waals surface area contributed by atoms with E-state index in [2.05, 4.69) is 6.92 Å². The number of carbonyl (C=O) groups excluding carboxylic acids is 1. The molecule has 6 nitrogen and oxygen atoms in total. The number of amides is 1. The third-order valence-electron chi connectivity index (χ3n) is 4.80. The minimum atomic E-state index is -0.0521. The molecule has 1 heterocycles. The van der Waals surface area contributed by atoms with Crippen LogP contribution in [0.1, 0.15) is 24.5 Å². The van der Waals surface area contributed by atoms with Crippen molar-refractivity contribution in [2.45, 2.75) is 26.8 Å². The molecule has 0 aliphatic rings. The highest BCUT2D eigenvalue weighted by molar-refractivity contribution is 5.78. The van der Waals surface area contributed by atoms with Crippen LogP contribution in [0.5, 0.6) is 11.6 Å². The molecular weight excluding hydrogens is 378 g/mol. The number of ether oxygens (including phenoxy) is 2. The Labute approximate surface area is 178 Å². The summed E-state index contributed by atoms with van der Waals surface area (Å²) in [6, 6.07) is 17.9. The lowest BCUT2D eigenvalue weighted by Crippen LogP contribution is -2.34. The van der Waals surface area contributed by atoms with Crippen LogP contribution in [0.4, 0.5) is 0 Å². The van der Waals surface area contributed by atoms with Gasteiger partial charge in [-0.1, -0.05) is 49.4 Å². The average molecular weight is 408 g/mol. The lowest BCUT2D eigenvalue weighted by atomic mass is 10.1. The molecule has 3 aromatic rings. The molecule has 2 aromatic carbocycles. The molecule has 0 saturated carbocycles. The molecule has 0 aliphatic heterocycles. The predicted molar refractivity (Wildman–Crippen MR) is 117 cm³/mol. The first-order valence-corrected chi connectivity index (χ1v) is 10.2. The molecular formula is C24H29N3O3. The molecule has 158 valence electrons. The van der Waals surface area contributed by atoms with Crippen molar-refractivity contribution in [2.24, 2.45) is 7.05 Å². The number of hydrogen-bond donors (Lipinski definition) is 0. The maximum Gasteiger partial charge on any atom is 0.248 e. The Morgan fingerprint density at radius 2 is 1.90 bits per heavy atom. The number of benzene rings is 2. The number of carbonyl (C=O) groups is 1. The minimum Gasteiger partial charge on any atom is -0.439 e. The highest BCUT2D eigenvalue weighted by Crippen LogP contribution is 2.34. The summed E-state index contributed by atoms with van der Waals surface area (Å²) in [4.78, 5) is 14.4. The van der Waals surface area contributed by atoms with Crippen LogP contribution < -0.4 is 4.74 Å². The summed E-state index contributed by atoms with van der Waals surface area (Å²) in [7, 11) is 3.40. The third kappa shape index (κ3) is 5.07. The van der Waals surface area contributed by atoms with Crippen molar-refractivity contribution in [3.8, 4) is 22.9 Å². The van der Waals surface area contributed by atoms with E-state index < -0.39 is 0 Å². The van der Waals surface area contributed by atoms with Crippen molar-refractivity contribution >= 4 is 5.91 Å². The molecule has 0 spiro atoms. The van der Waals surface area contributed by atoms with Crippen molar-refractivity contribution < 1.29 is 14.3 Å². The van der Waals surface area contributed by atoms with Crippen LogP contribution in [-0.2, 0) is 23.1 Å². The first-order valence-electron chi connectivity index (χ1n) is 10.2. The highest BCUT2D eigenvalue weighted by Gasteiger charge is 2.24. The van der Waals surface area contributed by atoms with E-state index in [-0.39, 0.29) is 12.5 Å². The zero-order valence-electron chi connectivity index (χ0n) is 18.1. The number of aryl methyl sites for hydroxylation is 2. The highest BCUT2D eigenvalue weighted by atomic mass is 16.5. The third-order valence-corrected chi connectivity index (χ3v) is 4.80. The van der Waals surface area contributed by atoms with E-state index in [9.17, 15) is 4.79 Å². The topological polar surface area (TPSA) is 56.6 Å². The second kappa shape index (κ2) is 10.1.